The maximum Gasteiger partial charge on any atom is 0.240 e. The van der Waals surface area contributed by atoms with Crippen molar-refractivity contribution >= 4 is 21.4 Å². The predicted octanol–water partition coefficient (Wildman–Crippen LogP) is 3.82. The molecule has 1 atom stereocenters. The minimum Gasteiger partial charge on any atom is -0.493 e. The lowest BCUT2D eigenvalue weighted by atomic mass is 10.2. The van der Waals surface area contributed by atoms with Crippen LogP contribution in [0.3, 0.4) is 0 Å². The average molecular weight is 384 g/mol. The average Bonchev–Trinajstić information content (AvgIpc) is 3.00. The molecule has 0 amide bonds. The molecule has 1 N–H and O–H groups in total. The highest BCUT2D eigenvalue weighted by Crippen LogP contribution is 2.26. The van der Waals surface area contributed by atoms with E-state index in [2.05, 4.69) is 4.72 Å². The van der Waals surface area contributed by atoms with Crippen molar-refractivity contribution in [3.05, 3.63) is 45.6 Å². The van der Waals surface area contributed by atoms with Crippen molar-refractivity contribution in [2.45, 2.75) is 38.2 Å². The molecule has 0 saturated carbocycles. The number of rotatable bonds is 9. The lowest BCUT2D eigenvalue weighted by Crippen LogP contribution is -2.29. The third-order valence-electron chi connectivity index (χ3n) is 3.74. The van der Waals surface area contributed by atoms with E-state index in [0.29, 0.717) is 12.4 Å². The van der Waals surface area contributed by atoms with Crippen molar-refractivity contribution in [2.24, 2.45) is 0 Å². The highest BCUT2D eigenvalue weighted by Gasteiger charge is 2.19. The van der Waals surface area contributed by atoms with Gasteiger partial charge in [0.1, 0.15) is 11.9 Å². The molecule has 2 aromatic rings. The first-order valence-corrected chi connectivity index (χ1v) is 10.5. The fourth-order valence-electron chi connectivity index (χ4n) is 2.36. The zero-order valence-corrected chi connectivity index (χ0v) is 16.7. The van der Waals surface area contributed by atoms with E-state index in [1.807, 2.05) is 32.9 Å². The Labute approximate surface area is 154 Å². The molecule has 0 saturated heterocycles. The number of nitrogens with one attached hydrogen (secondary N) is 1. The molecule has 1 unspecified atom stereocenters. The minimum atomic E-state index is -3.61. The van der Waals surface area contributed by atoms with Crippen molar-refractivity contribution in [3.63, 3.8) is 0 Å². The topological polar surface area (TPSA) is 64.6 Å². The quantitative estimate of drug-likeness (QED) is 0.715. The Kier molecular flexibility index (Phi) is 7.01. The van der Waals surface area contributed by atoms with Gasteiger partial charge >= 0.3 is 0 Å². The van der Waals surface area contributed by atoms with Crippen LogP contribution < -0.4 is 9.46 Å². The molecule has 2 rings (SSSR count). The number of aryl methyl sites for hydroxylation is 2. The minimum absolute atomic E-state index is 0.186. The summed E-state index contributed by atoms with van der Waals surface area (Å²) >= 11 is 1.60. The molecule has 5 nitrogen and oxygen atoms in total. The third-order valence-corrected chi connectivity index (χ3v) is 6.25. The van der Waals surface area contributed by atoms with Gasteiger partial charge in [-0.15, -0.1) is 11.3 Å². The fourth-order valence-corrected chi connectivity index (χ4v) is 4.43. The molecular weight excluding hydrogens is 358 g/mol. The van der Waals surface area contributed by atoms with Crippen LogP contribution in [0.15, 0.2) is 35.2 Å². The van der Waals surface area contributed by atoms with Crippen LogP contribution in [0, 0.1) is 13.8 Å². The molecule has 0 fully saturated rings. The Balaban J connectivity index is 2.09. The zero-order valence-electron chi connectivity index (χ0n) is 15.0. The van der Waals surface area contributed by atoms with Gasteiger partial charge in [0, 0.05) is 23.4 Å². The molecule has 0 radical (unpaired) electrons. The summed E-state index contributed by atoms with van der Waals surface area (Å²) in [6.07, 6.45) is 0.600. The highest BCUT2D eigenvalue weighted by molar-refractivity contribution is 7.89. The van der Waals surface area contributed by atoms with E-state index < -0.39 is 10.0 Å². The number of hydrogen-bond acceptors (Lipinski definition) is 5. The van der Waals surface area contributed by atoms with Crippen LogP contribution >= 0.6 is 11.3 Å². The third kappa shape index (κ3) is 5.28. The van der Waals surface area contributed by atoms with Gasteiger partial charge < -0.3 is 9.47 Å². The van der Waals surface area contributed by atoms with Crippen molar-refractivity contribution in [2.75, 3.05) is 20.3 Å². The summed E-state index contributed by atoms with van der Waals surface area (Å²) in [6.45, 7) is 6.68. The number of benzene rings is 1. The normalized spacial score (nSPS) is 13.0. The first-order chi connectivity index (χ1) is 11.9. The van der Waals surface area contributed by atoms with Crippen LogP contribution in [0.25, 0.3) is 0 Å². The molecule has 0 aliphatic carbocycles. The van der Waals surface area contributed by atoms with Crippen molar-refractivity contribution < 1.29 is 17.9 Å². The lowest BCUT2D eigenvalue weighted by molar-refractivity contribution is 0.110. The van der Waals surface area contributed by atoms with Crippen LogP contribution in [0.1, 0.15) is 34.8 Å². The summed E-state index contributed by atoms with van der Waals surface area (Å²) < 4.78 is 38.8. The van der Waals surface area contributed by atoms with Crippen molar-refractivity contribution in [1.82, 2.24) is 4.72 Å². The number of methoxy groups -OCH3 is 1. The largest absolute Gasteiger partial charge is 0.493 e. The Morgan fingerprint density at radius 3 is 2.52 bits per heavy atom. The van der Waals surface area contributed by atoms with Crippen LogP contribution in [0.2, 0.25) is 0 Å². The monoisotopic (exact) mass is 383 g/mol. The SMILES string of the molecule is CCCOc1ccc(S(=O)(=O)NCC(OC)c2ccc(C)s2)cc1C. The zero-order chi connectivity index (χ0) is 18.4. The molecule has 138 valence electrons. The molecule has 0 bridgehead atoms. The van der Waals surface area contributed by atoms with E-state index in [0.717, 1.165) is 21.7 Å². The summed E-state index contributed by atoms with van der Waals surface area (Å²) in [6, 6.07) is 8.86. The smallest absolute Gasteiger partial charge is 0.240 e. The van der Waals surface area contributed by atoms with Gasteiger partial charge in [0.2, 0.25) is 10.0 Å². The highest BCUT2D eigenvalue weighted by atomic mass is 32.2. The second kappa shape index (κ2) is 8.80. The van der Waals surface area contributed by atoms with Gasteiger partial charge in [-0.2, -0.15) is 0 Å². The number of thiophene rings is 1. The molecule has 7 heteroatoms. The van der Waals surface area contributed by atoms with E-state index in [1.54, 1.807) is 36.6 Å². The van der Waals surface area contributed by atoms with E-state index in [-0.39, 0.29) is 17.5 Å². The first kappa shape index (κ1) is 19.9. The van der Waals surface area contributed by atoms with Crippen molar-refractivity contribution in [3.8, 4) is 5.75 Å². The Bertz CT molecular complexity index is 799. The maximum absolute atomic E-state index is 12.6. The molecule has 25 heavy (non-hydrogen) atoms. The first-order valence-electron chi connectivity index (χ1n) is 8.19. The molecule has 1 aromatic carbocycles. The number of hydrogen-bond donors (Lipinski definition) is 1. The summed E-state index contributed by atoms with van der Waals surface area (Å²) in [5.41, 5.74) is 0.800. The standard InChI is InChI=1S/C18H25NO4S2/c1-5-10-23-16-8-7-15(11-13(16)2)25(20,21)19-12-17(22-4)18-9-6-14(3)24-18/h6-9,11,17,19H,5,10,12H2,1-4H3. The molecular formula is C18H25NO4S2. The van der Waals surface area contributed by atoms with Crippen molar-refractivity contribution in [1.29, 1.82) is 0 Å². The Morgan fingerprint density at radius 2 is 1.96 bits per heavy atom. The summed E-state index contributed by atoms with van der Waals surface area (Å²) in [7, 11) is -2.03. The van der Waals surface area contributed by atoms with Gasteiger partial charge in [0.25, 0.3) is 0 Å². The summed E-state index contributed by atoms with van der Waals surface area (Å²) in [5.74, 6) is 0.713. The maximum atomic E-state index is 12.6. The van der Waals surface area contributed by atoms with Crippen LogP contribution in [0.5, 0.6) is 5.75 Å². The van der Waals surface area contributed by atoms with E-state index in [9.17, 15) is 8.42 Å². The number of ether oxygens (including phenoxy) is 2. The molecule has 0 spiro atoms. The Hall–Kier alpha value is -1.41. The van der Waals surface area contributed by atoms with Crippen LogP contribution in [-0.4, -0.2) is 28.7 Å². The fraction of sp³-hybridized carbons (Fsp3) is 0.444. The predicted molar refractivity (Wildman–Crippen MR) is 101 cm³/mol. The van der Waals surface area contributed by atoms with Gasteiger partial charge in [-0.05, 0) is 56.2 Å². The van der Waals surface area contributed by atoms with E-state index >= 15 is 0 Å². The second-order valence-corrected chi connectivity index (χ2v) is 8.89. The van der Waals surface area contributed by atoms with Crippen LogP contribution in [-0.2, 0) is 14.8 Å². The second-order valence-electron chi connectivity index (χ2n) is 5.80. The van der Waals surface area contributed by atoms with Gasteiger partial charge in [-0.1, -0.05) is 6.92 Å². The van der Waals surface area contributed by atoms with Gasteiger partial charge in [0.05, 0.1) is 11.5 Å². The molecule has 1 aromatic heterocycles. The van der Waals surface area contributed by atoms with Gasteiger partial charge in [-0.25, -0.2) is 13.1 Å². The van der Waals surface area contributed by atoms with Gasteiger partial charge in [0.15, 0.2) is 0 Å². The lowest BCUT2D eigenvalue weighted by Gasteiger charge is -2.15. The summed E-state index contributed by atoms with van der Waals surface area (Å²) in [5, 5.41) is 0. The summed E-state index contributed by atoms with van der Waals surface area (Å²) in [4.78, 5) is 2.39. The molecule has 0 aliphatic heterocycles. The Morgan fingerprint density at radius 1 is 1.20 bits per heavy atom. The number of sulfonamides is 1. The van der Waals surface area contributed by atoms with E-state index in [4.69, 9.17) is 9.47 Å². The molecule has 0 aliphatic rings. The van der Waals surface area contributed by atoms with Gasteiger partial charge in [-0.3, -0.25) is 0 Å². The van der Waals surface area contributed by atoms with E-state index in [1.165, 1.54) is 0 Å². The van der Waals surface area contributed by atoms with Crippen LogP contribution in [0.4, 0.5) is 0 Å². The molecule has 1 heterocycles.